The number of imide groups is 1. The van der Waals surface area contributed by atoms with Crippen LogP contribution in [-0.2, 0) is 14.3 Å². The van der Waals surface area contributed by atoms with Crippen LogP contribution < -0.4 is 5.32 Å². The van der Waals surface area contributed by atoms with Gasteiger partial charge in [0.1, 0.15) is 6.04 Å². The number of ketones is 1. The normalized spacial score (nSPS) is 13.7. The second-order valence-corrected chi connectivity index (χ2v) is 7.45. The maximum atomic E-state index is 12.5. The molecule has 0 bridgehead atoms. The molecule has 3 amide bonds. The fourth-order valence-electron chi connectivity index (χ4n) is 3.03. The third-order valence-corrected chi connectivity index (χ3v) is 4.90. The minimum Gasteiger partial charge on any atom is -0.456 e. The van der Waals surface area contributed by atoms with Crippen molar-refractivity contribution in [3.05, 3.63) is 65.2 Å². The lowest BCUT2D eigenvalue weighted by atomic mass is 10.1. The van der Waals surface area contributed by atoms with E-state index in [9.17, 15) is 24.0 Å². The molecule has 0 saturated heterocycles. The molecular formula is C23H22N2O6. The molecule has 0 fully saturated rings. The molecule has 1 unspecified atom stereocenters. The van der Waals surface area contributed by atoms with Crippen molar-refractivity contribution in [2.45, 2.75) is 26.8 Å². The Hall–Kier alpha value is -3.81. The largest absolute Gasteiger partial charge is 0.456 e. The molecule has 8 nitrogen and oxygen atoms in total. The number of hydrogen-bond acceptors (Lipinski definition) is 6. The average Bonchev–Trinajstić information content (AvgIpc) is 3.02. The fourth-order valence-corrected chi connectivity index (χ4v) is 3.03. The van der Waals surface area contributed by atoms with E-state index in [1.165, 1.54) is 31.2 Å². The van der Waals surface area contributed by atoms with Crippen LogP contribution in [0.1, 0.15) is 51.8 Å². The molecule has 1 aliphatic heterocycles. The minimum absolute atomic E-state index is 0.143. The van der Waals surface area contributed by atoms with Crippen LogP contribution in [0.3, 0.4) is 0 Å². The summed E-state index contributed by atoms with van der Waals surface area (Å²) >= 11 is 0. The molecular weight excluding hydrogens is 400 g/mol. The summed E-state index contributed by atoms with van der Waals surface area (Å²) in [5, 5.41) is 2.71. The lowest BCUT2D eigenvalue weighted by molar-refractivity contribution is -0.146. The Morgan fingerprint density at radius 3 is 1.97 bits per heavy atom. The maximum Gasteiger partial charge on any atom is 0.329 e. The third kappa shape index (κ3) is 4.53. The number of nitrogens with one attached hydrogen (secondary N) is 1. The van der Waals surface area contributed by atoms with Crippen LogP contribution in [0.5, 0.6) is 0 Å². The summed E-state index contributed by atoms with van der Waals surface area (Å²) < 4.78 is 5.05. The molecule has 1 heterocycles. The van der Waals surface area contributed by atoms with E-state index >= 15 is 0 Å². The fraction of sp³-hybridized carbons (Fsp3) is 0.261. The smallest absolute Gasteiger partial charge is 0.329 e. The van der Waals surface area contributed by atoms with Crippen molar-refractivity contribution in [1.29, 1.82) is 0 Å². The van der Waals surface area contributed by atoms with E-state index in [4.69, 9.17) is 4.74 Å². The van der Waals surface area contributed by atoms with Crippen molar-refractivity contribution in [3.63, 3.8) is 0 Å². The number of ether oxygens (including phenoxy) is 1. The number of carbonyl (C=O) groups is 5. The number of esters is 1. The molecule has 3 rings (SSSR count). The number of benzene rings is 2. The summed E-state index contributed by atoms with van der Waals surface area (Å²) in [6, 6.07) is 11.3. The molecule has 0 radical (unpaired) electrons. The summed E-state index contributed by atoms with van der Waals surface area (Å²) in [5.74, 6) is -2.78. The van der Waals surface area contributed by atoms with Gasteiger partial charge in [0.05, 0.1) is 11.1 Å². The highest BCUT2D eigenvalue weighted by molar-refractivity contribution is 6.22. The first-order valence-corrected chi connectivity index (χ1v) is 9.78. The number of Topliss-reactive ketones (excluding diaryl/α,β-unsaturated/α-hetero) is 1. The van der Waals surface area contributed by atoms with Crippen LogP contribution in [0.25, 0.3) is 0 Å². The summed E-state index contributed by atoms with van der Waals surface area (Å²) in [7, 11) is 0. The number of amides is 3. The summed E-state index contributed by atoms with van der Waals surface area (Å²) in [4.78, 5) is 62.2. The molecule has 31 heavy (non-hydrogen) atoms. The second-order valence-electron chi connectivity index (χ2n) is 7.45. The summed E-state index contributed by atoms with van der Waals surface area (Å²) in [6.45, 7) is 4.37. The van der Waals surface area contributed by atoms with Gasteiger partial charge in [0.25, 0.3) is 11.8 Å². The highest BCUT2D eigenvalue weighted by Crippen LogP contribution is 2.24. The number of nitrogens with zero attached hydrogens (tertiary/aromatic N) is 1. The number of fused-ring (bicyclic) bond motifs is 1. The Labute approximate surface area is 179 Å². The second kappa shape index (κ2) is 8.91. The van der Waals surface area contributed by atoms with E-state index in [2.05, 4.69) is 5.32 Å². The van der Waals surface area contributed by atoms with E-state index < -0.39 is 36.2 Å². The number of anilines is 1. The Balaban J connectivity index is 1.58. The predicted octanol–water partition coefficient (Wildman–Crippen LogP) is 2.69. The van der Waals surface area contributed by atoms with Gasteiger partial charge < -0.3 is 10.1 Å². The number of carbonyl (C=O) groups excluding carboxylic acids is 5. The van der Waals surface area contributed by atoms with Crippen LogP contribution in [0.4, 0.5) is 5.69 Å². The molecule has 1 aliphatic rings. The van der Waals surface area contributed by atoms with E-state index in [0.717, 1.165) is 4.90 Å². The zero-order valence-electron chi connectivity index (χ0n) is 17.4. The molecule has 0 spiro atoms. The lowest BCUT2D eigenvalue weighted by Crippen LogP contribution is -2.44. The lowest BCUT2D eigenvalue weighted by Gasteiger charge is -2.20. The van der Waals surface area contributed by atoms with Crippen LogP contribution in [0, 0.1) is 5.92 Å². The maximum absolute atomic E-state index is 12.5. The van der Waals surface area contributed by atoms with Crippen LogP contribution in [0.2, 0.25) is 0 Å². The SMILES string of the molecule is CC(C)C(=O)Nc1ccc(C(=O)COC(=O)C(C)N2C(=O)c3ccccc3C2=O)cc1. The Bertz CT molecular complexity index is 1020. The number of hydrogen-bond donors (Lipinski definition) is 1. The van der Waals surface area contributed by atoms with Gasteiger partial charge in [0.15, 0.2) is 12.4 Å². The average molecular weight is 422 g/mol. The van der Waals surface area contributed by atoms with Crippen LogP contribution in [0.15, 0.2) is 48.5 Å². The van der Waals surface area contributed by atoms with E-state index in [-0.39, 0.29) is 23.0 Å². The molecule has 8 heteroatoms. The van der Waals surface area contributed by atoms with Crippen LogP contribution in [-0.4, -0.2) is 47.0 Å². The van der Waals surface area contributed by atoms with Crippen molar-refractivity contribution in [1.82, 2.24) is 4.90 Å². The quantitative estimate of drug-likeness (QED) is 0.417. The summed E-state index contributed by atoms with van der Waals surface area (Å²) in [5.41, 5.74) is 1.30. The van der Waals surface area contributed by atoms with Crippen molar-refractivity contribution in [2.24, 2.45) is 5.92 Å². The molecule has 1 atom stereocenters. The van der Waals surface area contributed by atoms with Gasteiger partial charge in [-0.1, -0.05) is 26.0 Å². The minimum atomic E-state index is -1.17. The van der Waals surface area contributed by atoms with Crippen molar-refractivity contribution in [2.75, 3.05) is 11.9 Å². The number of rotatable bonds is 7. The van der Waals surface area contributed by atoms with Crippen molar-refractivity contribution in [3.8, 4) is 0 Å². The van der Waals surface area contributed by atoms with Crippen molar-refractivity contribution < 1.29 is 28.7 Å². The van der Waals surface area contributed by atoms with E-state index in [1.54, 1.807) is 38.1 Å². The van der Waals surface area contributed by atoms with Gasteiger partial charge in [0.2, 0.25) is 5.91 Å². The molecule has 0 aromatic heterocycles. The van der Waals surface area contributed by atoms with Gasteiger partial charge >= 0.3 is 5.97 Å². The first-order valence-electron chi connectivity index (χ1n) is 9.78. The first-order chi connectivity index (χ1) is 14.7. The molecule has 1 N–H and O–H groups in total. The monoisotopic (exact) mass is 422 g/mol. The van der Waals surface area contributed by atoms with E-state index in [0.29, 0.717) is 11.3 Å². The van der Waals surface area contributed by atoms with Crippen molar-refractivity contribution >= 4 is 35.2 Å². The Kier molecular flexibility index (Phi) is 6.29. The highest BCUT2D eigenvalue weighted by atomic mass is 16.5. The first kappa shape index (κ1) is 21.9. The van der Waals surface area contributed by atoms with Gasteiger partial charge in [0, 0.05) is 17.2 Å². The zero-order valence-corrected chi connectivity index (χ0v) is 17.4. The van der Waals surface area contributed by atoms with Gasteiger partial charge in [-0.15, -0.1) is 0 Å². The molecule has 160 valence electrons. The molecule has 0 saturated carbocycles. The van der Waals surface area contributed by atoms with E-state index in [1.807, 2.05) is 0 Å². The topological polar surface area (TPSA) is 110 Å². The molecule has 2 aromatic rings. The summed E-state index contributed by atoms with van der Waals surface area (Å²) in [6.07, 6.45) is 0. The van der Waals surface area contributed by atoms with Gasteiger partial charge in [-0.05, 0) is 43.3 Å². The highest BCUT2D eigenvalue weighted by Gasteiger charge is 2.41. The zero-order chi connectivity index (χ0) is 22.7. The predicted molar refractivity (Wildman–Crippen MR) is 112 cm³/mol. The van der Waals surface area contributed by atoms with Gasteiger partial charge in [-0.3, -0.25) is 24.1 Å². The van der Waals surface area contributed by atoms with Gasteiger partial charge in [-0.25, -0.2) is 4.79 Å². The molecule has 0 aliphatic carbocycles. The third-order valence-electron chi connectivity index (χ3n) is 4.90. The molecule has 2 aromatic carbocycles. The standard InChI is InChI=1S/C23H22N2O6/c1-13(2)20(27)24-16-10-8-15(9-11-16)19(26)12-31-23(30)14(3)25-21(28)17-6-4-5-7-18(17)22(25)29/h4-11,13-14H,12H2,1-3H3,(H,24,27). The van der Waals surface area contributed by atoms with Gasteiger partial charge in [-0.2, -0.15) is 0 Å². The Morgan fingerprint density at radius 2 is 1.45 bits per heavy atom. The Morgan fingerprint density at radius 1 is 0.903 bits per heavy atom. The van der Waals surface area contributed by atoms with Crippen LogP contribution >= 0.6 is 0 Å².